The van der Waals surface area contributed by atoms with Gasteiger partial charge < -0.3 is 9.47 Å². The van der Waals surface area contributed by atoms with Crippen molar-refractivity contribution in [2.45, 2.75) is 58.4 Å². The molecule has 14 nitrogen and oxygen atoms in total. The first-order valence-electron chi connectivity index (χ1n) is 9.84. The minimum Gasteiger partial charge on any atom is -0.353 e. The molecule has 1 saturated heterocycles. The molecule has 0 saturated carbocycles. The fourth-order valence-corrected chi connectivity index (χ4v) is 4.87. The smallest absolute Gasteiger partial charge is 0.305 e. The van der Waals surface area contributed by atoms with Crippen LogP contribution >= 0.6 is 0 Å². The normalized spacial score (nSPS) is 29.4. The van der Waals surface area contributed by atoms with Gasteiger partial charge in [0.1, 0.15) is 18.3 Å². The first kappa shape index (κ1) is 31.2. The molecule has 0 aromatic carbocycles. The average molecular weight is 563 g/mol. The molecule has 0 aliphatic carbocycles. The van der Waals surface area contributed by atoms with E-state index in [2.05, 4.69) is 0 Å². The molecular weight excluding hydrogens is 532 g/mol. The third kappa shape index (κ3) is 11.2. The Morgan fingerprint density at radius 1 is 0.606 bits per heavy atom. The first-order chi connectivity index (χ1) is 15.8. The highest BCUT2D eigenvalue weighted by atomic mass is 32.2. The highest BCUT2D eigenvalue weighted by molar-refractivity contribution is 7.75. The van der Waals surface area contributed by atoms with Gasteiger partial charge in [-0.3, -0.25) is 33.5 Å². The molecule has 1 fully saturated rings. The second-order valence-electron chi connectivity index (χ2n) is 5.69. The van der Waals surface area contributed by atoms with Gasteiger partial charge in [-0.1, -0.05) is 0 Å². The van der Waals surface area contributed by atoms with Crippen LogP contribution in [0, 0.1) is 0 Å². The third-order valence-electron chi connectivity index (χ3n) is 3.58. The van der Waals surface area contributed by atoms with Crippen molar-refractivity contribution >= 4 is 45.4 Å². The zero-order chi connectivity index (χ0) is 24.8. The molecule has 1 aliphatic rings. The molecule has 33 heavy (non-hydrogen) atoms. The summed E-state index contributed by atoms with van der Waals surface area (Å²) in [4.78, 5) is 0. The van der Waals surface area contributed by atoms with Gasteiger partial charge >= 0.3 is 45.4 Å². The molecule has 0 radical (unpaired) electrons. The Morgan fingerprint density at radius 3 is 1.48 bits per heavy atom. The molecule has 0 amide bonds. The highest BCUT2D eigenvalue weighted by Gasteiger charge is 2.52. The Labute approximate surface area is 203 Å². The van der Waals surface area contributed by atoms with Crippen molar-refractivity contribution in [2.75, 3.05) is 40.1 Å². The molecule has 0 aromatic rings. The van der Waals surface area contributed by atoms with Gasteiger partial charge in [-0.05, 0) is 27.7 Å². The summed E-state index contributed by atoms with van der Waals surface area (Å²) < 4.78 is 100. The van der Waals surface area contributed by atoms with Crippen molar-refractivity contribution in [1.29, 1.82) is 0 Å². The molecule has 1 heterocycles. The molecule has 1 rings (SSSR count). The molecule has 0 N–H and O–H groups in total. The minimum atomic E-state index is -2.32. The molecule has 18 heteroatoms. The van der Waals surface area contributed by atoms with Gasteiger partial charge in [0.2, 0.25) is 0 Å². The fourth-order valence-electron chi connectivity index (χ4n) is 2.43. The van der Waals surface area contributed by atoms with E-state index in [0.717, 1.165) is 0 Å². The van der Waals surface area contributed by atoms with E-state index in [1.165, 1.54) is 7.11 Å². The SMILES string of the molecule is CCOS(=O)OC[C@H]1O[C@H](OC)[C@H](OS(=O)OCC)[C@@H](OS(=O)OCC)[C@@H]1OS(=O)OCC. The summed E-state index contributed by atoms with van der Waals surface area (Å²) in [7, 11) is 1.26. The van der Waals surface area contributed by atoms with E-state index in [4.69, 9.17) is 42.9 Å². The Morgan fingerprint density at radius 2 is 1.03 bits per heavy atom. The number of rotatable bonds is 18. The lowest BCUT2D eigenvalue weighted by atomic mass is 9.99. The second-order valence-corrected chi connectivity index (χ2v) is 9.08. The Hall–Kier alpha value is 0.200. The lowest BCUT2D eigenvalue weighted by Crippen LogP contribution is -2.62. The highest BCUT2D eigenvalue weighted by Crippen LogP contribution is 2.31. The van der Waals surface area contributed by atoms with Gasteiger partial charge in [-0.2, -0.15) is 16.8 Å². The van der Waals surface area contributed by atoms with Crippen LogP contribution in [0.3, 0.4) is 0 Å². The number of hydrogen-bond acceptors (Lipinski definition) is 14. The summed E-state index contributed by atoms with van der Waals surface area (Å²) >= 11 is -9.02. The summed E-state index contributed by atoms with van der Waals surface area (Å²) in [5.74, 6) is 0. The van der Waals surface area contributed by atoms with Crippen molar-refractivity contribution in [2.24, 2.45) is 0 Å². The molecule has 4 unspecified atom stereocenters. The Kier molecular flexibility index (Phi) is 16.7. The summed E-state index contributed by atoms with van der Waals surface area (Å²) in [5.41, 5.74) is 0. The van der Waals surface area contributed by atoms with E-state index < -0.39 is 82.8 Å². The zero-order valence-electron chi connectivity index (χ0n) is 18.8. The fraction of sp³-hybridized carbons (Fsp3) is 1.00. The van der Waals surface area contributed by atoms with Crippen LogP contribution in [-0.4, -0.2) is 87.7 Å². The first-order valence-corrected chi connectivity index (χ1v) is 13.8. The quantitative estimate of drug-likeness (QED) is 0.219. The molecule has 0 bridgehead atoms. The molecule has 1 aliphatic heterocycles. The van der Waals surface area contributed by atoms with Gasteiger partial charge in [0.25, 0.3) is 0 Å². The number of ether oxygens (including phenoxy) is 2. The van der Waals surface area contributed by atoms with Gasteiger partial charge in [-0.25, -0.2) is 0 Å². The molecule has 0 spiro atoms. The molecule has 0 aromatic heterocycles. The van der Waals surface area contributed by atoms with Crippen LogP contribution in [0.5, 0.6) is 0 Å². The van der Waals surface area contributed by atoms with Crippen molar-refractivity contribution in [3.8, 4) is 0 Å². The van der Waals surface area contributed by atoms with Gasteiger partial charge in [0.05, 0.1) is 33.0 Å². The Balaban J connectivity index is 3.27. The maximum Gasteiger partial charge on any atom is 0.305 e. The van der Waals surface area contributed by atoms with Crippen LogP contribution in [0.2, 0.25) is 0 Å². The van der Waals surface area contributed by atoms with Crippen LogP contribution in [0.1, 0.15) is 27.7 Å². The monoisotopic (exact) mass is 562 g/mol. The van der Waals surface area contributed by atoms with Gasteiger partial charge in [0, 0.05) is 7.11 Å². The number of methoxy groups -OCH3 is 1. The third-order valence-corrected chi connectivity index (χ3v) is 6.76. The lowest BCUT2D eigenvalue weighted by Gasteiger charge is -2.43. The maximum absolute atomic E-state index is 12.2. The standard InChI is InChI=1S/C15H30O14S4/c1-6-21-30(16)25-10-11-12(27-31(17)22-7-2)13(28-32(18)23-8-3)14(15(20-5)26-11)29-33(19)24-9-4/h11-15H,6-10H2,1-5H3/t11-,12-,13+,14-,15+,30?,31?,32?,33?/m1/s1. The van der Waals surface area contributed by atoms with Crippen molar-refractivity contribution in [1.82, 2.24) is 0 Å². The van der Waals surface area contributed by atoms with Crippen LogP contribution in [0.25, 0.3) is 0 Å². The predicted molar refractivity (Wildman–Crippen MR) is 115 cm³/mol. The van der Waals surface area contributed by atoms with Crippen LogP contribution in [0.4, 0.5) is 0 Å². The van der Waals surface area contributed by atoms with Gasteiger partial charge in [0.15, 0.2) is 12.4 Å². The Bertz CT molecular complexity index is 652. The average Bonchev–Trinajstić information content (AvgIpc) is 2.76. The van der Waals surface area contributed by atoms with E-state index in [0.29, 0.717) is 0 Å². The molecule has 198 valence electrons. The van der Waals surface area contributed by atoms with E-state index in [1.807, 2.05) is 0 Å². The predicted octanol–water partition coefficient (Wildman–Crippen LogP) is -0.00930. The molecular formula is C15H30O14S4. The summed E-state index contributed by atoms with van der Waals surface area (Å²) in [6, 6.07) is 0. The summed E-state index contributed by atoms with van der Waals surface area (Å²) in [6.45, 7) is 6.21. The maximum atomic E-state index is 12.2. The van der Waals surface area contributed by atoms with E-state index in [9.17, 15) is 16.8 Å². The largest absolute Gasteiger partial charge is 0.353 e. The van der Waals surface area contributed by atoms with Crippen molar-refractivity contribution in [3.63, 3.8) is 0 Å². The van der Waals surface area contributed by atoms with E-state index in [-0.39, 0.29) is 26.4 Å². The van der Waals surface area contributed by atoms with Crippen LogP contribution in [-0.2, 0) is 88.4 Å². The van der Waals surface area contributed by atoms with Gasteiger partial charge in [-0.15, -0.1) is 0 Å². The van der Waals surface area contributed by atoms with Crippen LogP contribution < -0.4 is 0 Å². The lowest BCUT2D eigenvalue weighted by molar-refractivity contribution is -0.277. The summed E-state index contributed by atoms with van der Waals surface area (Å²) in [5, 5.41) is 0. The summed E-state index contributed by atoms with van der Waals surface area (Å²) in [6.07, 6.45) is -6.56. The number of hydrogen-bond donors (Lipinski definition) is 0. The van der Waals surface area contributed by atoms with Crippen molar-refractivity contribution < 1.29 is 59.8 Å². The van der Waals surface area contributed by atoms with E-state index in [1.54, 1.807) is 27.7 Å². The van der Waals surface area contributed by atoms with Crippen LogP contribution in [0.15, 0.2) is 0 Å². The second kappa shape index (κ2) is 17.6. The molecule has 9 atom stereocenters. The zero-order valence-corrected chi connectivity index (χ0v) is 22.0. The van der Waals surface area contributed by atoms with Crippen molar-refractivity contribution in [3.05, 3.63) is 0 Å². The topological polar surface area (TPSA) is 161 Å². The minimum absolute atomic E-state index is 0.0379. The van der Waals surface area contributed by atoms with E-state index >= 15 is 0 Å².